The molecule has 0 radical (unpaired) electrons. The number of nitrogens with zero attached hydrogens (tertiary/aromatic N) is 1. The zero-order valence-electron chi connectivity index (χ0n) is 12.8. The minimum atomic E-state index is -0.310. The molecule has 2 aromatic rings. The summed E-state index contributed by atoms with van der Waals surface area (Å²) in [5, 5.41) is 4.42. The smallest absolute Gasteiger partial charge is 0.271 e. The zero-order chi connectivity index (χ0) is 16.7. The molecule has 0 atom stereocenters. The quantitative estimate of drug-likeness (QED) is 0.483. The van der Waals surface area contributed by atoms with E-state index in [4.69, 9.17) is 22.1 Å². The zero-order valence-corrected chi connectivity index (χ0v) is 13.5. The van der Waals surface area contributed by atoms with Crippen LogP contribution < -0.4 is 15.9 Å². The number of anilines is 1. The predicted molar refractivity (Wildman–Crippen MR) is 93.2 cm³/mol. The van der Waals surface area contributed by atoms with Crippen LogP contribution in [0.5, 0.6) is 5.75 Å². The lowest BCUT2D eigenvalue weighted by Crippen LogP contribution is -2.17. The highest BCUT2D eigenvalue weighted by molar-refractivity contribution is 6.32. The number of benzene rings is 2. The Bertz CT molecular complexity index is 699. The van der Waals surface area contributed by atoms with E-state index in [1.165, 1.54) is 6.21 Å². The van der Waals surface area contributed by atoms with E-state index in [1.807, 2.05) is 13.0 Å². The van der Waals surface area contributed by atoms with Crippen molar-refractivity contribution in [1.82, 2.24) is 5.43 Å². The molecular weight excluding hydrogens is 314 g/mol. The van der Waals surface area contributed by atoms with Crippen LogP contribution in [-0.4, -0.2) is 18.7 Å². The lowest BCUT2D eigenvalue weighted by Gasteiger charge is -2.06. The highest BCUT2D eigenvalue weighted by atomic mass is 35.5. The molecule has 0 fully saturated rings. The van der Waals surface area contributed by atoms with Gasteiger partial charge in [-0.1, -0.05) is 18.5 Å². The first-order chi connectivity index (χ1) is 11.1. The van der Waals surface area contributed by atoms with Gasteiger partial charge in [-0.05, 0) is 54.4 Å². The van der Waals surface area contributed by atoms with Gasteiger partial charge >= 0.3 is 0 Å². The number of nitrogens with one attached hydrogen (secondary N) is 1. The van der Waals surface area contributed by atoms with E-state index in [1.54, 1.807) is 36.4 Å². The Kier molecular flexibility index (Phi) is 6.00. The maximum Gasteiger partial charge on any atom is 0.271 e. The van der Waals surface area contributed by atoms with Crippen molar-refractivity contribution < 1.29 is 9.53 Å². The van der Waals surface area contributed by atoms with Gasteiger partial charge < -0.3 is 10.5 Å². The largest absolute Gasteiger partial charge is 0.492 e. The number of nitrogen functional groups attached to an aromatic ring is 1. The molecule has 2 aromatic carbocycles. The molecule has 1 amide bonds. The summed E-state index contributed by atoms with van der Waals surface area (Å²) in [5.41, 5.74) is 9.87. The van der Waals surface area contributed by atoms with Crippen LogP contribution in [0.2, 0.25) is 5.02 Å². The highest BCUT2D eigenvalue weighted by Crippen LogP contribution is 2.25. The maximum atomic E-state index is 11.9. The molecule has 23 heavy (non-hydrogen) atoms. The molecule has 6 heteroatoms. The number of ether oxygens (including phenoxy) is 1. The normalized spacial score (nSPS) is 10.7. The fourth-order valence-corrected chi connectivity index (χ4v) is 2.03. The molecule has 0 aromatic heterocycles. The topological polar surface area (TPSA) is 76.7 Å². The van der Waals surface area contributed by atoms with Crippen molar-refractivity contribution >= 4 is 29.4 Å². The standard InChI is InChI=1S/C17H18ClN3O2/c1-2-9-23-16-8-3-12(10-15(16)18)11-20-21-17(22)13-4-6-14(19)7-5-13/h3-8,10-11H,2,9,19H2,1H3,(H,21,22)/b20-11-. The number of hydrogen-bond donors (Lipinski definition) is 2. The van der Waals surface area contributed by atoms with Crippen LogP contribution in [0.25, 0.3) is 0 Å². The first kappa shape index (κ1) is 16.8. The molecule has 0 aliphatic carbocycles. The summed E-state index contributed by atoms with van der Waals surface area (Å²) in [6.45, 7) is 2.64. The highest BCUT2D eigenvalue weighted by Gasteiger charge is 2.04. The summed E-state index contributed by atoms with van der Waals surface area (Å²) >= 11 is 6.13. The number of rotatable bonds is 6. The van der Waals surface area contributed by atoms with Crippen molar-refractivity contribution in [3.63, 3.8) is 0 Å². The van der Waals surface area contributed by atoms with Crippen molar-refractivity contribution in [2.24, 2.45) is 5.10 Å². The average molecular weight is 332 g/mol. The van der Waals surface area contributed by atoms with E-state index in [9.17, 15) is 4.79 Å². The van der Waals surface area contributed by atoms with Crippen LogP contribution in [0.3, 0.4) is 0 Å². The van der Waals surface area contributed by atoms with E-state index in [0.717, 1.165) is 12.0 Å². The number of carbonyl (C=O) groups is 1. The molecule has 0 aliphatic heterocycles. The molecule has 0 unspecified atom stereocenters. The molecule has 120 valence electrons. The lowest BCUT2D eigenvalue weighted by atomic mass is 10.2. The van der Waals surface area contributed by atoms with Crippen LogP contribution >= 0.6 is 11.6 Å². The van der Waals surface area contributed by atoms with Crippen LogP contribution in [0.4, 0.5) is 5.69 Å². The number of carbonyl (C=O) groups excluding carboxylic acids is 1. The third-order valence-electron chi connectivity index (χ3n) is 2.97. The second kappa shape index (κ2) is 8.19. The van der Waals surface area contributed by atoms with Crippen molar-refractivity contribution in [3.05, 3.63) is 58.6 Å². The summed E-state index contributed by atoms with van der Waals surface area (Å²) in [6.07, 6.45) is 2.43. The Labute approximate surface area is 140 Å². The summed E-state index contributed by atoms with van der Waals surface area (Å²) in [5.74, 6) is 0.326. The van der Waals surface area contributed by atoms with Crippen molar-refractivity contribution in [1.29, 1.82) is 0 Å². The molecule has 0 aliphatic rings. The minimum absolute atomic E-state index is 0.310. The molecule has 0 saturated heterocycles. The molecule has 5 nitrogen and oxygen atoms in total. The van der Waals surface area contributed by atoms with Gasteiger partial charge in [-0.3, -0.25) is 4.79 Å². The number of amides is 1. The van der Waals surface area contributed by atoms with Gasteiger partial charge in [0, 0.05) is 11.3 Å². The summed E-state index contributed by atoms with van der Waals surface area (Å²) in [7, 11) is 0. The van der Waals surface area contributed by atoms with Gasteiger partial charge in [0.1, 0.15) is 5.75 Å². The number of halogens is 1. The molecule has 0 bridgehead atoms. The SMILES string of the molecule is CCCOc1ccc(/C=N\NC(=O)c2ccc(N)cc2)cc1Cl. The molecule has 2 rings (SSSR count). The van der Waals surface area contributed by atoms with Crippen molar-refractivity contribution in [2.45, 2.75) is 13.3 Å². The fourth-order valence-electron chi connectivity index (χ4n) is 1.79. The Morgan fingerprint density at radius 2 is 2.04 bits per heavy atom. The molecule has 0 saturated carbocycles. The van der Waals surface area contributed by atoms with E-state index in [2.05, 4.69) is 10.5 Å². The van der Waals surface area contributed by atoms with Gasteiger partial charge in [0.15, 0.2) is 0 Å². The first-order valence-corrected chi connectivity index (χ1v) is 7.59. The predicted octanol–water partition coefficient (Wildman–Crippen LogP) is 3.47. The monoisotopic (exact) mass is 331 g/mol. The van der Waals surface area contributed by atoms with Gasteiger partial charge in [0.25, 0.3) is 5.91 Å². The van der Waals surface area contributed by atoms with E-state index in [0.29, 0.717) is 28.6 Å². The van der Waals surface area contributed by atoms with Crippen molar-refractivity contribution in [2.75, 3.05) is 12.3 Å². The van der Waals surface area contributed by atoms with E-state index in [-0.39, 0.29) is 5.91 Å². The van der Waals surface area contributed by atoms with Crippen LogP contribution in [0, 0.1) is 0 Å². The summed E-state index contributed by atoms with van der Waals surface area (Å²) in [6, 6.07) is 11.9. The second-order valence-electron chi connectivity index (χ2n) is 4.86. The number of hydrazone groups is 1. The van der Waals surface area contributed by atoms with Gasteiger partial charge in [-0.2, -0.15) is 5.10 Å². The Morgan fingerprint density at radius 1 is 1.30 bits per heavy atom. The minimum Gasteiger partial charge on any atom is -0.492 e. The Morgan fingerprint density at radius 3 is 2.70 bits per heavy atom. The maximum absolute atomic E-state index is 11.9. The fraction of sp³-hybridized carbons (Fsp3) is 0.176. The summed E-state index contributed by atoms with van der Waals surface area (Å²) in [4.78, 5) is 11.9. The second-order valence-corrected chi connectivity index (χ2v) is 5.27. The lowest BCUT2D eigenvalue weighted by molar-refractivity contribution is 0.0955. The third-order valence-corrected chi connectivity index (χ3v) is 3.27. The van der Waals surface area contributed by atoms with E-state index < -0.39 is 0 Å². The van der Waals surface area contributed by atoms with Crippen molar-refractivity contribution in [3.8, 4) is 5.75 Å². The van der Waals surface area contributed by atoms with Gasteiger partial charge in [-0.25, -0.2) is 5.43 Å². The van der Waals surface area contributed by atoms with Gasteiger partial charge in [0.2, 0.25) is 0 Å². The Hall–Kier alpha value is -2.53. The number of nitrogens with two attached hydrogens (primary N) is 1. The molecular formula is C17H18ClN3O2. The van der Waals surface area contributed by atoms with Crippen LogP contribution in [0.1, 0.15) is 29.3 Å². The Balaban J connectivity index is 1.96. The number of hydrogen-bond acceptors (Lipinski definition) is 4. The molecule has 0 spiro atoms. The molecule has 3 N–H and O–H groups in total. The van der Waals surface area contributed by atoms with E-state index >= 15 is 0 Å². The summed E-state index contributed by atoms with van der Waals surface area (Å²) < 4.78 is 5.49. The van der Waals surface area contributed by atoms with Crippen LogP contribution in [0.15, 0.2) is 47.6 Å². The average Bonchev–Trinajstić information content (AvgIpc) is 2.54. The van der Waals surface area contributed by atoms with Crippen LogP contribution in [-0.2, 0) is 0 Å². The van der Waals surface area contributed by atoms with Gasteiger partial charge in [0.05, 0.1) is 17.8 Å². The third kappa shape index (κ3) is 5.00. The molecule has 0 heterocycles. The first-order valence-electron chi connectivity index (χ1n) is 7.21. The van der Waals surface area contributed by atoms with Gasteiger partial charge in [-0.15, -0.1) is 0 Å².